The fraction of sp³-hybridized carbons (Fsp3) is 0.273. The van der Waals surface area contributed by atoms with Gasteiger partial charge >= 0.3 is 5.69 Å². The molecule has 17 heavy (non-hydrogen) atoms. The van der Waals surface area contributed by atoms with E-state index in [-0.39, 0.29) is 18.0 Å². The largest absolute Gasteiger partial charge is 0.482 e. The van der Waals surface area contributed by atoms with E-state index in [0.717, 1.165) is 0 Å². The van der Waals surface area contributed by atoms with Gasteiger partial charge in [-0.05, 0) is 18.6 Å². The summed E-state index contributed by atoms with van der Waals surface area (Å²) in [5.74, 6) is 0.683. The van der Waals surface area contributed by atoms with Gasteiger partial charge in [-0.25, -0.2) is 0 Å². The van der Waals surface area contributed by atoms with Gasteiger partial charge in [-0.3, -0.25) is 10.1 Å². The van der Waals surface area contributed by atoms with Crippen LogP contribution in [0.25, 0.3) is 0 Å². The quantitative estimate of drug-likeness (QED) is 0.358. The molecule has 1 aromatic rings. The van der Waals surface area contributed by atoms with Crippen LogP contribution in [0.4, 0.5) is 5.69 Å². The van der Waals surface area contributed by atoms with E-state index in [2.05, 4.69) is 15.9 Å². The Bertz CT molecular complexity index is 449. The molecule has 0 saturated carbocycles. The molecule has 0 radical (unpaired) electrons. The van der Waals surface area contributed by atoms with Crippen molar-refractivity contribution in [2.24, 2.45) is 0 Å². The minimum Gasteiger partial charge on any atom is -0.482 e. The summed E-state index contributed by atoms with van der Waals surface area (Å²) in [6, 6.07) is 3.20. The Balaban J connectivity index is 2.96. The van der Waals surface area contributed by atoms with Gasteiger partial charge in [0.2, 0.25) is 0 Å². The number of rotatable bonds is 5. The molecule has 0 amide bonds. The first kappa shape index (κ1) is 14.0. The number of hydrogen-bond donors (Lipinski definition) is 0. The lowest BCUT2D eigenvalue weighted by Crippen LogP contribution is -2.00. The number of nitro benzene ring substituents is 1. The standard InChI is InChI=1S/C11H11BrClNO3/c1-8-6-9(12)7-10(14(15)16)11(8)17-5-3-2-4-13/h2-3,6-7H,4-5H2,1H3. The maximum atomic E-state index is 10.9. The number of nitro groups is 1. The number of alkyl halides is 1. The van der Waals surface area contributed by atoms with Crippen LogP contribution in [0.5, 0.6) is 5.75 Å². The lowest BCUT2D eigenvalue weighted by atomic mass is 10.2. The second-order valence-electron chi connectivity index (χ2n) is 3.26. The molecule has 0 unspecified atom stereocenters. The zero-order chi connectivity index (χ0) is 12.8. The van der Waals surface area contributed by atoms with Crippen molar-refractivity contribution in [3.8, 4) is 5.75 Å². The molecule has 0 atom stereocenters. The van der Waals surface area contributed by atoms with Crippen molar-refractivity contribution in [2.75, 3.05) is 12.5 Å². The fourth-order valence-electron chi connectivity index (χ4n) is 1.30. The summed E-state index contributed by atoms with van der Waals surface area (Å²) in [4.78, 5) is 10.4. The van der Waals surface area contributed by atoms with Crippen LogP contribution in [-0.4, -0.2) is 17.4 Å². The van der Waals surface area contributed by atoms with Crippen molar-refractivity contribution >= 4 is 33.2 Å². The third-order valence-electron chi connectivity index (χ3n) is 2.00. The normalized spacial score (nSPS) is 10.8. The summed E-state index contributed by atoms with van der Waals surface area (Å²) in [6.45, 7) is 2.02. The molecule has 0 saturated heterocycles. The Morgan fingerprint density at radius 1 is 1.53 bits per heavy atom. The molecule has 1 rings (SSSR count). The third-order valence-corrected chi connectivity index (χ3v) is 2.63. The van der Waals surface area contributed by atoms with E-state index in [0.29, 0.717) is 15.9 Å². The number of hydrogen-bond acceptors (Lipinski definition) is 3. The molecule has 0 N–H and O–H groups in total. The molecular weight excluding hydrogens is 309 g/mol. The summed E-state index contributed by atoms with van der Waals surface area (Å²) >= 11 is 8.68. The first-order valence-corrected chi connectivity index (χ1v) is 6.17. The molecule has 0 spiro atoms. The van der Waals surface area contributed by atoms with E-state index in [1.54, 1.807) is 25.1 Å². The van der Waals surface area contributed by atoms with Gasteiger partial charge in [0.25, 0.3) is 0 Å². The van der Waals surface area contributed by atoms with Gasteiger partial charge < -0.3 is 4.74 Å². The monoisotopic (exact) mass is 319 g/mol. The van der Waals surface area contributed by atoms with Crippen molar-refractivity contribution in [2.45, 2.75) is 6.92 Å². The fourth-order valence-corrected chi connectivity index (χ4v) is 1.98. The number of halogens is 2. The highest BCUT2D eigenvalue weighted by molar-refractivity contribution is 9.10. The van der Waals surface area contributed by atoms with Crippen LogP contribution in [0, 0.1) is 17.0 Å². The number of ether oxygens (including phenoxy) is 1. The van der Waals surface area contributed by atoms with Crippen LogP contribution in [0.15, 0.2) is 28.8 Å². The average molecular weight is 321 g/mol. The van der Waals surface area contributed by atoms with E-state index in [1.807, 2.05) is 0 Å². The molecule has 1 aromatic carbocycles. The van der Waals surface area contributed by atoms with Crippen LogP contribution in [-0.2, 0) is 0 Å². The van der Waals surface area contributed by atoms with Crippen molar-refractivity contribution in [3.05, 3.63) is 44.4 Å². The SMILES string of the molecule is Cc1cc(Br)cc([N+](=O)[O-])c1OCC=CCCl. The van der Waals surface area contributed by atoms with E-state index < -0.39 is 4.92 Å². The highest BCUT2D eigenvalue weighted by atomic mass is 79.9. The molecule has 0 aliphatic rings. The van der Waals surface area contributed by atoms with E-state index in [9.17, 15) is 10.1 Å². The predicted molar refractivity (Wildman–Crippen MR) is 70.9 cm³/mol. The molecule has 0 fully saturated rings. The maximum Gasteiger partial charge on any atom is 0.312 e. The van der Waals surface area contributed by atoms with Crippen LogP contribution in [0.3, 0.4) is 0 Å². The Morgan fingerprint density at radius 3 is 2.82 bits per heavy atom. The number of allylic oxidation sites excluding steroid dienone is 1. The minimum atomic E-state index is -0.460. The summed E-state index contributed by atoms with van der Waals surface area (Å²) < 4.78 is 6.04. The smallest absolute Gasteiger partial charge is 0.312 e. The number of benzene rings is 1. The topological polar surface area (TPSA) is 52.4 Å². The zero-order valence-corrected chi connectivity index (χ0v) is 11.5. The van der Waals surface area contributed by atoms with Gasteiger partial charge in [0.15, 0.2) is 5.75 Å². The van der Waals surface area contributed by atoms with Crippen LogP contribution in [0.2, 0.25) is 0 Å². The lowest BCUT2D eigenvalue weighted by Gasteiger charge is -2.08. The molecule has 0 bridgehead atoms. The van der Waals surface area contributed by atoms with Gasteiger partial charge in [0, 0.05) is 16.4 Å². The third kappa shape index (κ3) is 4.02. The maximum absolute atomic E-state index is 10.9. The molecule has 92 valence electrons. The first-order valence-electron chi connectivity index (χ1n) is 4.84. The predicted octanol–water partition coefficient (Wildman–Crippen LogP) is 3.84. The Morgan fingerprint density at radius 2 is 2.24 bits per heavy atom. The Labute approximate surface area is 113 Å². The molecule has 0 aliphatic carbocycles. The van der Waals surface area contributed by atoms with E-state index >= 15 is 0 Å². The lowest BCUT2D eigenvalue weighted by molar-refractivity contribution is -0.385. The van der Waals surface area contributed by atoms with Crippen molar-refractivity contribution in [3.63, 3.8) is 0 Å². The second-order valence-corrected chi connectivity index (χ2v) is 4.49. The highest BCUT2D eigenvalue weighted by Crippen LogP contribution is 2.34. The molecule has 0 aromatic heterocycles. The summed E-state index contributed by atoms with van der Waals surface area (Å²) in [5.41, 5.74) is 0.668. The molecule has 0 heterocycles. The molecule has 6 heteroatoms. The summed E-state index contributed by atoms with van der Waals surface area (Å²) in [7, 11) is 0. The molecule has 4 nitrogen and oxygen atoms in total. The zero-order valence-electron chi connectivity index (χ0n) is 9.15. The van der Waals surface area contributed by atoms with Gasteiger partial charge in [0.05, 0.1) is 4.92 Å². The average Bonchev–Trinajstić information content (AvgIpc) is 2.25. The number of aryl methyl sites for hydroxylation is 1. The first-order chi connectivity index (χ1) is 8.06. The van der Waals surface area contributed by atoms with Gasteiger partial charge in [-0.2, -0.15) is 0 Å². The second kappa shape index (κ2) is 6.61. The van der Waals surface area contributed by atoms with E-state index in [4.69, 9.17) is 16.3 Å². The van der Waals surface area contributed by atoms with Crippen molar-refractivity contribution in [1.29, 1.82) is 0 Å². The van der Waals surface area contributed by atoms with Crippen molar-refractivity contribution in [1.82, 2.24) is 0 Å². The van der Waals surface area contributed by atoms with Gasteiger partial charge in [-0.1, -0.05) is 28.1 Å². The van der Waals surface area contributed by atoms with Gasteiger partial charge in [-0.15, -0.1) is 11.6 Å². The summed E-state index contributed by atoms with van der Waals surface area (Å²) in [6.07, 6.45) is 3.44. The van der Waals surface area contributed by atoms with Gasteiger partial charge in [0.1, 0.15) is 6.61 Å². The number of nitrogens with zero attached hydrogens (tertiary/aromatic N) is 1. The highest BCUT2D eigenvalue weighted by Gasteiger charge is 2.18. The van der Waals surface area contributed by atoms with Crippen LogP contribution >= 0.6 is 27.5 Å². The van der Waals surface area contributed by atoms with Crippen LogP contribution in [0.1, 0.15) is 5.56 Å². The molecule has 0 aliphatic heterocycles. The minimum absolute atomic E-state index is 0.0452. The van der Waals surface area contributed by atoms with E-state index in [1.165, 1.54) is 6.07 Å². The van der Waals surface area contributed by atoms with Crippen LogP contribution < -0.4 is 4.74 Å². The molecular formula is C11H11BrClNO3. The summed E-state index contributed by atoms with van der Waals surface area (Å²) in [5, 5.41) is 10.9. The Kier molecular flexibility index (Phi) is 5.44. The Hall–Kier alpha value is -1.07. The van der Waals surface area contributed by atoms with Crippen molar-refractivity contribution < 1.29 is 9.66 Å².